The smallest absolute Gasteiger partial charge is 0.462 e. The highest BCUT2D eigenvalue weighted by Gasteiger charge is 2.30. The first kappa shape index (κ1) is 94.5. The van der Waals surface area contributed by atoms with Gasteiger partial charge in [-0.1, -0.05) is 323 Å². The molecule has 19 heteroatoms. The third kappa shape index (κ3) is 70.4. The van der Waals surface area contributed by atoms with Crippen molar-refractivity contribution in [3.05, 3.63) is 24.3 Å². The molecule has 97 heavy (non-hydrogen) atoms. The predicted molar refractivity (Wildman–Crippen MR) is 395 cm³/mol. The fraction of sp³-hybridized carbons (Fsp3) is 0.897. The predicted octanol–water partition coefficient (Wildman–Crippen LogP) is 22.5. The van der Waals surface area contributed by atoms with Gasteiger partial charge in [0.25, 0.3) is 0 Å². The van der Waals surface area contributed by atoms with Crippen LogP contribution in [-0.4, -0.2) is 96.7 Å². The van der Waals surface area contributed by atoms with Crippen molar-refractivity contribution in [3.8, 4) is 0 Å². The molecule has 0 radical (unpaired) electrons. The lowest BCUT2D eigenvalue weighted by Gasteiger charge is -2.21. The highest BCUT2D eigenvalue weighted by molar-refractivity contribution is 7.47. The van der Waals surface area contributed by atoms with E-state index >= 15 is 0 Å². The first-order chi connectivity index (χ1) is 46.8. The molecule has 0 saturated heterocycles. The summed E-state index contributed by atoms with van der Waals surface area (Å²) in [6.07, 6.45) is 57.7. The van der Waals surface area contributed by atoms with Gasteiger partial charge in [0.2, 0.25) is 0 Å². The summed E-state index contributed by atoms with van der Waals surface area (Å²) in [4.78, 5) is 72.9. The SMILES string of the molecule is CCCCCC/C=C\C=C/CCCCCCCC(=O)O[C@H](COC(=O)CCCCCCCCCC(C)C)COP(=O)(O)OCC(O)COP(=O)(O)OC[C@@H](COC(=O)CCCCCCCCCCCCC(C)CC)OC(=O)CCCCCCCCCCCCCCCCCC(C)C. The van der Waals surface area contributed by atoms with Crippen molar-refractivity contribution in [3.63, 3.8) is 0 Å². The summed E-state index contributed by atoms with van der Waals surface area (Å²) in [5.74, 6) is 0.165. The Balaban J connectivity index is 5.28. The van der Waals surface area contributed by atoms with Gasteiger partial charge in [0.05, 0.1) is 26.4 Å². The van der Waals surface area contributed by atoms with Crippen molar-refractivity contribution in [1.82, 2.24) is 0 Å². The van der Waals surface area contributed by atoms with E-state index < -0.39 is 97.5 Å². The van der Waals surface area contributed by atoms with Gasteiger partial charge in [-0.3, -0.25) is 37.3 Å². The van der Waals surface area contributed by atoms with Gasteiger partial charge >= 0.3 is 39.5 Å². The van der Waals surface area contributed by atoms with Crippen molar-refractivity contribution < 1.29 is 80.2 Å². The van der Waals surface area contributed by atoms with Gasteiger partial charge in [0.15, 0.2) is 12.2 Å². The minimum absolute atomic E-state index is 0.0840. The Morgan fingerprint density at radius 1 is 0.340 bits per heavy atom. The monoisotopic (exact) mass is 1420 g/mol. The molecule has 572 valence electrons. The molecule has 0 rings (SSSR count). The molecule has 3 N–H and O–H groups in total. The van der Waals surface area contributed by atoms with Gasteiger partial charge in [-0.25, -0.2) is 9.13 Å². The standard InChI is InChI=1S/C78H148O17P2/c1-8-10-11-12-13-14-15-16-18-22-25-32-39-47-54-61-78(83)95-74(66-89-76(81)60-53-46-41-34-36-43-50-57-70(5)6)68-93-97(86,87)91-64-72(79)63-90-96(84,85)92-67-73(65-88-75(80)59-52-45-38-31-28-27-30-37-44-51-58-71(7)9-2)94-77(82)62-55-48-40-33-26-23-20-17-19-21-24-29-35-42-49-56-69(3)4/h14-16,18,69-74,79H,8-13,17,19-68H2,1-7H3,(H,84,85)(H,86,87)/b15-14-,18-16-/t71?,72?,73-,74-/m1/s1. The first-order valence-corrected chi connectivity index (χ1v) is 42.7. The van der Waals surface area contributed by atoms with Crippen LogP contribution in [-0.2, 0) is 65.4 Å². The fourth-order valence-electron chi connectivity index (χ4n) is 11.4. The van der Waals surface area contributed by atoms with E-state index in [-0.39, 0.29) is 25.7 Å². The Labute approximate surface area is 592 Å². The zero-order chi connectivity index (χ0) is 71.6. The Bertz CT molecular complexity index is 1980. The molecule has 17 nitrogen and oxygen atoms in total. The van der Waals surface area contributed by atoms with Crippen molar-refractivity contribution >= 4 is 39.5 Å². The highest BCUT2D eigenvalue weighted by Crippen LogP contribution is 2.45. The molecule has 0 aliphatic carbocycles. The van der Waals surface area contributed by atoms with E-state index in [9.17, 15) is 43.2 Å². The fourth-order valence-corrected chi connectivity index (χ4v) is 13.0. The molecular formula is C78H148O17P2. The van der Waals surface area contributed by atoms with Gasteiger partial charge < -0.3 is 33.8 Å². The van der Waals surface area contributed by atoms with Crippen LogP contribution in [0.15, 0.2) is 24.3 Å². The lowest BCUT2D eigenvalue weighted by molar-refractivity contribution is -0.161. The number of aliphatic hydroxyl groups excluding tert-OH is 1. The number of phosphoric ester groups is 2. The van der Waals surface area contributed by atoms with E-state index in [1.165, 1.54) is 167 Å². The third-order valence-corrected chi connectivity index (χ3v) is 19.8. The maximum absolute atomic E-state index is 13.1. The van der Waals surface area contributed by atoms with Crippen LogP contribution >= 0.6 is 15.6 Å². The molecule has 0 aromatic heterocycles. The Hall–Kier alpha value is -2.46. The zero-order valence-corrected chi connectivity index (χ0v) is 64.8. The van der Waals surface area contributed by atoms with Crippen LogP contribution in [0.1, 0.15) is 376 Å². The largest absolute Gasteiger partial charge is 0.472 e. The van der Waals surface area contributed by atoms with Gasteiger partial charge in [-0.2, -0.15) is 0 Å². The minimum atomic E-state index is -4.96. The van der Waals surface area contributed by atoms with Crippen LogP contribution in [0, 0.1) is 17.8 Å². The van der Waals surface area contributed by atoms with E-state index in [0.717, 1.165) is 121 Å². The zero-order valence-electron chi connectivity index (χ0n) is 63.0. The maximum atomic E-state index is 13.1. The summed E-state index contributed by atoms with van der Waals surface area (Å²) >= 11 is 0. The normalized spacial score (nSPS) is 14.5. The summed E-state index contributed by atoms with van der Waals surface area (Å²) in [5, 5.41) is 10.6. The molecule has 0 spiro atoms. The minimum Gasteiger partial charge on any atom is -0.462 e. The van der Waals surface area contributed by atoms with Crippen LogP contribution in [0.5, 0.6) is 0 Å². The molecular weight excluding hydrogens is 1270 g/mol. The lowest BCUT2D eigenvalue weighted by atomic mass is 9.99. The number of rotatable bonds is 74. The van der Waals surface area contributed by atoms with Crippen LogP contribution < -0.4 is 0 Å². The number of esters is 4. The second-order valence-electron chi connectivity index (χ2n) is 28.6. The Kier molecular flexibility index (Phi) is 66.3. The lowest BCUT2D eigenvalue weighted by Crippen LogP contribution is -2.30. The topological polar surface area (TPSA) is 237 Å². The number of allylic oxidation sites excluding steroid dienone is 4. The summed E-state index contributed by atoms with van der Waals surface area (Å²) in [7, 11) is -9.93. The molecule has 4 unspecified atom stereocenters. The number of hydrogen-bond donors (Lipinski definition) is 3. The average molecular weight is 1420 g/mol. The van der Waals surface area contributed by atoms with E-state index in [2.05, 4.69) is 72.8 Å². The third-order valence-electron chi connectivity index (χ3n) is 17.9. The highest BCUT2D eigenvalue weighted by atomic mass is 31.2. The summed E-state index contributed by atoms with van der Waals surface area (Å²) < 4.78 is 68.5. The summed E-state index contributed by atoms with van der Waals surface area (Å²) in [5.41, 5.74) is 0. The number of ether oxygens (including phenoxy) is 4. The molecule has 0 heterocycles. The van der Waals surface area contributed by atoms with Gasteiger partial charge in [-0.15, -0.1) is 0 Å². The van der Waals surface area contributed by atoms with Crippen LogP contribution in [0.25, 0.3) is 0 Å². The summed E-state index contributed by atoms with van der Waals surface area (Å²) in [6.45, 7) is 11.8. The van der Waals surface area contributed by atoms with Gasteiger partial charge in [-0.05, 0) is 69.1 Å². The molecule has 0 fully saturated rings. The second kappa shape index (κ2) is 68.0. The Morgan fingerprint density at radius 3 is 0.918 bits per heavy atom. The average Bonchev–Trinajstić information content (AvgIpc) is 2.40. The van der Waals surface area contributed by atoms with Crippen molar-refractivity contribution in [1.29, 1.82) is 0 Å². The van der Waals surface area contributed by atoms with Crippen LogP contribution in [0.3, 0.4) is 0 Å². The molecule has 6 atom stereocenters. The van der Waals surface area contributed by atoms with E-state index in [1.807, 2.05) is 0 Å². The van der Waals surface area contributed by atoms with E-state index in [0.29, 0.717) is 31.6 Å². The number of phosphoric acid groups is 2. The number of carbonyl (C=O) groups is 4. The quantitative estimate of drug-likeness (QED) is 0.0169. The number of hydrogen-bond acceptors (Lipinski definition) is 15. The molecule has 0 aliphatic heterocycles. The second-order valence-corrected chi connectivity index (χ2v) is 31.5. The molecule has 0 bridgehead atoms. The molecule has 0 aromatic rings. The molecule has 0 aliphatic rings. The molecule has 0 amide bonds. The van der Waals surface area contributed by atoms with Crippen molar-refractivity contribution in [2.45, 2.75) is 394 Å². The number of carbonyl (C=O) groups excluding carboxylic acids is 4. The maximum Gasteiger partial charge on any atom is 0.472 e. The van der Waals surface area contributed by atoms with Crippen molar-refractivity contribution in [2.75, 3.05) is 39.6 Å². The summed E-state index contributed by atoms with van der Waals surface area (Å²) in [6, 6.07) is 0. The van der Waals surface area contributed by atoms with Crippen LogP contribution in [0.2, 0.25) is 0 Å². The Morgan fingerprint density at radius 2 is 0.608 bits per heavy atom. The molecule has 0 saturated carbocycles. The number of aliphatic hydroxyl groups is 1. The van der Waals surface area contributed by atoms with Crippen molar-refractivity contribution in [2.24, 2.45) is 17.8 Å². The molecule has 0 aromatic carbocycles. The first-order valence-electron chi connectivity index (χ1n) is 39.7. The number of unbranched alkanes of at least 4 members (excludes halogenated alkanes) is 38. The van der Waals surface area contributed by atoms with E-state index in [4.69, 9.17) is 37.0 Å². The van der Waals surface area contributed by atoms with Gasteiger partial charge in [0, 0.05) is 25.7 Å². The van der Waals surface area contributed by atoms with Crippen LogP contribution in [0.4, 0.5) is 0 Å². The van der Waals surface area contributed by atoms with E-state index in [1.54, 1.807) is 0 Å². The van der Waals surface area contributed by atoms with Gasteiger partial charge in [0.1, 0.15) is 19.3 Å².